The molecule has 2 heterocycles. The number of rotatable bonds is 5. The van der Waals surface area contributed by atoms with E-state index in [-0.39, 0.29) is 5.56 Å². The molecule has 1 N–H and O–H groups in total. The maximum atomic E-state index is 14.1. The Hall–Kier alpha value is -3.21. The van der Waals surface area contributed by atoms with Crippen LogP contribution in [0, 0.1) is 17.1 Å². The minimum absolute atomic E-state index is 0.154. The van der Waals surface area contributed by atoms with E-state index in [1.807, 2.05) is 42.5 Å². The molecule has 1 aliphatic heterocycles. The molecule has 30 heavy (non-hydrogen) atoms. The normalized spacial score (nSPS) is 14.7. The van der Waals surface area contributed by atoms with Gasteiger partial charge in [-0.2, -0.15) is 5.26 Å². The number of carbonyl (C=O) groups is 1. The number of nitriles is 1. The Morgan fingerprint density at radius 1 is 1.13 bits per heavy atom. The molecule has 1 atom stereocenters. The molecule has 1 aliphatic rings. The van der Waals surface area contributed by atoms with Gasteiger partial charge in [0, 0.05) is 24.2 Å². The third kappa shape index (κ3) is 4.20. The van der Waals surface area contributed by atoms with Gasteiger partial charge in [-0.15, -0.1) is 11.3 Å². The zero-order valence-electron chi connectivity index (χ0n) is 16.2. The van der Waals surface area contributed by atoms with Crippen LogP contribution in [0.25, 0.3) is 11.1 Å². The first-order valence-corrected chi connectivity index (χ1v) is 10.5. The monoisotopic (exact) mass is 421 g/mol. The Kier molecular flexibility index (Phi) is 6.07. The van der Waals surface area contributed by atoms with E-state index in [0.717, 1.165) is 29.2 Å². The van der Waals surface area contributed by atoms with E-state index in [4.69, 9.17) is 4.74 Å². The SMILES string of the molecule is N#CC(NC(=O)c1cc(-c2ccccc2)c(N2CCOCC2)s1)c1ccccc1F. The maximum absolute atomic E-state index is 14.1. The summed E-state index contributed by atoms with van der Waals surface area (Å²) in [6, 6.07) is 18.6. The summed E-state index contributed by atoms with van der Waals surface area (Å²) in [6.45, 7) is 2.77. The van der Waals surface area contributed by atoms with E-state index in [1.54, 1.807) is 12.1 Å². The van der Waals surface area contributed by atoms with Crippen LogP contribution in [0.4, 0.5) is 9.39 Å². The Morgan fingerprint density at radius 3 is 2.53 bits per heavy atom. The van der Waals surface area contributed by atoms with E-state index < -0.39 is 17.8 Å². The molecule has 1 fully saturated rings. The number of carbonyl (C=O) groups excluding carboxylic acids is 1. The van der Waals surface area contributed by atoms with E-state index in [9.17, 15) is 14.4 Å². The van der Waals surface area contributed by atoms with Crippen molar-refractivity contribution in [3.05, 3.63) is 76.9 Å². The number of amides is 1. The van der Waals surface area contributed by atoms with Gasteiger partial charge in [-0.3, -0.25) is 4.79 Å². The lowest BCUT2D eigenvalue weighted by Gasteiger charge is -2.28. The number of hydrogen-bond donors (Lipinski definition) is 1. The highest BCUT2D eigenvalue weighted by molar-refractivity contribution is 7.18. The number of thiophene rings is 1. The smallest absolute Gasteiger partial charge is 0.262 e. The van der Waals surface area contributed by atoms with E-state index in [2.05, 4.69) is 10.2 Å². The fraction of sp³-hybridized carbons (Fsp3) is 0.217. The van der Waals surface area contributed by atoms with Crippen LogP contribution in [0.2, 0.25) is 0 Å². The first kappa shape index (κ1) is 20.1. The second-order valence-electron chi connectivity index (χ2n) is 6.85. The predicted octanol–water partition coefficient (Wildman–Crippen LogP) is 4.39. The third-order valence-corrected chi connectivity index (χ3v) is 6.13. The number of hydrogen-bond acceptors (Lipinski definition) is 5. The van der Waals surface area contributed by atoms with Crippen molar-refractivity contribution in [3.63, 3.8) is 0 Å². The molecule has 0 radical (unpaired) electrons. The molecule has 1 saturated heterocycles. The molecule has 4 rings (SSSR count). The van der Waals surface area contributed by atoms with Gasteiger partial charge < -0.3 is 15.0 Å². The molecule has 0 spiro atoms. The number of nitrogens with zero attached hydrogens (tertiary/aromatic N) is 2. The van der Waals surface area contributed by atoms with Crippen LogP contribution in [0.5, 0.6) is 0 Å². The highest BCUT2D eigenvalue weighted by Crippen LogP contribution is 2.39. The highest BCUT2D eigenvalue weighted by Gasteiger charge is 2.24. The van der Waals surface area contributed by atoms with Gasteiger partial charge in [0.25, 0.3) is 5.91 Å². The van der Waals surface area contributed by atoms with E-state index in [1.165, 1.54) is 23.5 Å². The number of benzene rings is 2. The van der Waals surface area contributed by atoms with Gasteiger partial charge in [0.05, 0.1) is 29.2 Å². The second-order valence-corrected chi connectivity index (χ2v) is 7.88. The Labute approximate surface area is 178 Å². The van der Waals surface area contributed by atoms with Crippen LogP contribution in [0.1, 0.15) is 21.3 Å². The molecular formula is C23H20FN3O2S. The summed E-state index contributed by atoms with van der Waals surface area (Å²) >= 11 is 1.38. The molecule has 0 saturated carbocycles. The van der Waals surface area contributed by atoms with Crippen molar-refractivity contribution >= 4 is 22.2 Å². The van der Waals surface area contributed by atoms with Crippen LogP contribution < -0.4 is 10.2 Å². The average molecular weight is 421 g/mol. The summed E-state index contributed by atoms with van der Waals surface area (Å²) in [5.74, 6) is -0.916. The summed E-state index contributed by atoms with van der Waals surface area (Å²) in [5.41, 5.74) is 2.13. The van der Waals surface area contributed by atoms with Crippen molar-refractivity contribution in [2.24, 2.45) is 0 Å². The Bertz CT molecular complexity index is 1070. The predicted molar refractivity (Wildman–Crippen MR) is 115 cm³/mol. The maximum Gasteiger partial charge on any atom is 0.262 e. The number of ether oxygens (including phenoxy) is 1. The quantitative estimate of drug-likeness (QED) is 0.664. The van der Waals surface area contributed by atoms with Gasteiger partial charge in [-0.05, 0) is 17.7 Å². The highest BCUT2D eigenvalue weighted by atomic mass is 32.1. The fourth-order valence-electron chi connectivity index (χ4n) is 3.41. The van der Waals surface area contributed by atoms with Gasteiger partial charge in [0.2, 0.25) is 0 Å². The largest absolute Gasteiger partial charge is 0.378 e. The zero-order valence-corrected chi connectivity index (χ0v) is 17.0. The topological polar surface area (TPSA) is 65.4 Å². The van der Waals surface area contributed by atoms with E-state index in [0.29, 0.717) is 18.1 Å². The summed E-state index contributed by atoms with van der Waals surface area (Å²) < 4.78 is 19.6. The summed E-state index contributed by atoms with van der Waals surface area (Å²) in [6.07, 6.45) is 0. The second kappa shape index (κ2) is 9.08. The van der Waals surface area contributed by atoms with Crippen LogP contribution in [0.15, 0.2) is 60.7 Å². The zero-order chi connectivity index (χ0) is 20.9. The van der Waals surface area contributed by atoms with Gasteiger partial charge in [-0.25, -0.2) is 4.39 Å². The van der Waals surface area contributed by atoms with E-state index >= 15 is 0 Å². The Balaban J connectivity index is 1.65. The summed E-state index contributed by atoms with van der Waals surface area (Å²) in [7, 11) is 0. The molecule has 1 amide bonds. The van der Waals surface area contributed by atoms with Crippen LogP contribution >= 0.6 is 11.3 Å². The Morgan fingerprint density at radius 2 is 1.83 bits per heavy atom. The molecule has 0 bridgehead atoms. The molecule has 1 aromatic heterocycles. The molecular weight excluding hydrogens is 401 g/mol. The lowest BCUT2D eigenvalue weighted by atomic mass is 10.1. The van der Waals surface area contributed by atoms with Crippen molar-refractivity contribution in [1.82, 2.24) is 5.32 Å². The van der Waals surface area contributed by atoms with Crippen molar-refractivity contribution in [2.45, 2.75) is 6.04 Å². The number of morpholine rings is 1. The number of halogens is 1. The molecule has 7 heteroatoms. The van der Waals surface area contributed by atoms with Crippen LogP contribution in [-0.2, 0) is 4.74 Å². The van der Waals surface area contributed by atoms with Crippen molar-refractivity contribution in [3.8, 4) is 17.2 Å². The molecule has 0 aliphatic carbocycles. The van der Waals surface area contributed by atoms with Crippen molar-refractivity contribution in [2.75, 3.05) is 31.2 Å². The van der Waals surface area contributed by atoms with Crippen molar-refractivity contribution < 1.29 is 13.9 Å². The molecule has 5 nitrogen and oxygen atoms in total. The molecule has 152 valence electrons. The fourth-order valence-corrected chi connectivity index (χ4v) is 4.55. The number of anilines is 1. The first-order valence-electron chi connectivity index (χ1n) is 9.64. The lowest BCUT2D eigenvalue weighted by Crippen LogP contribution is -2.35. The van der Waals surface area contributed by atoms with Gasteiger partial charge in [0.1, 0.15) is 11.9 Å². The number of nitrogens with one attached hydrogen (secondary N) is 1. The minimum atomic E-state index is -1.06. The lowest BCUT2D eigenvalue weighted by molar-refractivity contribution is 0.0949. The molecule has 2 aromatic carbocycles. The molecule has 1 unspecified atom stereocenters. The standard InChI is InChI=1S/C23H20FN3O2S/c24-19-9-5-4-8-17(19)20(15-25)26-22(28)21-14-18(16-6-2-1-3-7-16)23(30-21)27-10-12-29-13-11-27/h1-9,14,20H,10-13H2,(H,26,28). The minimum Gasteiger partial charge on any atom is -0.378 e. The van der Waals surface area contributed by atoms with Crippen LogP contribution in [0.3, 0.4) is 0 Å². The van der Waals surface area contributed by atoms with Crippen molar-refractivity contribution in [1.29, 1.82) is 5.26 Å². The van der Waals surface area contributed by atoms with Gasteiger partial charge in [0.15, 0.2) is 0 Å². The van der Waals surface area contributed by atoms with Gasteiger partial charge in [-0.1, -0.05) is 48.5 Å². The summed E-state index contributed by atoms with van der Waals surface area (Å²) in [5, 5.41) is 13.1. The van der Waals surface area contributed by atoms with Gasteiger partial charge >= 0.3 is 0 Å². The molecule has 3 aromatic rings. The first-order chi connectivity index (χ1) is 14.7. The average Bonchev–Trinajstić information content (AvgIpc) is 3.25. The summed E-state index contributed by atoms with van der Waals surface area (Å²) in [4.78, 5) is 15.7. The third-order valence-electron chi connectivity index (χ3n) is 4.94. The van der Waals surface area contributed by atoms with Crippen LogP contribution in [-0.4, -0.2) is 32.2 Å².